The molecule has 4 rings (SSSR count). The van der Waals surface area contributed by atoms with Crippen molar-refractivity contribution in [1.29, 1.82) is 0 Å². The van der Waals surface area contributed by atoms with Gasteiger partial charge in [-0.15, -0.1) is 0 Å². The van der Waals surface area contributed by atoms with Crippen LogP contribution < -0.4 is 14.8 Å². The van der Waals surface area contributed by atoms with E-state index in [-0.39, 0.29) is 29.2 Å². The van der Waals surface area contributed by atoms with Crippen LogP contribution in [0.4, 0.5) is 18.9 Å². The van der Waals surface area contributed by atoms with Crippen LogP contribution in [0.2, 0.25) is 0 Å². The van der Waals surface area contributed by atoms with E-state index in [1.54, 1.807) is 24.3 Å². The zero-order valence-electron chi connectivity index (χ0n) is 16.4. The summed E-state index contributed by atoms with van der Waals surface area (Å²) in [7, 11) is 0. The van der Waals surface area contributed by atoms with Gasteiger partial charge in [0.05, 0.1) is 17.9 Å². The minimum absolute atomic E-state index is 0.00969. The zero-order valence-corrected chi connectivity index (χ0v) is 16.4. The van der Waals surface area contributed by atoms with E-state index in [4.69, 9.17) is 9.47 Å². The molecule has 0 aliphatic heterocycles. The van der Waals surface area contributed by atoms with Gasteiger partial charge in [-0.25, -0.2) is 0 Å². The molecule has 2 bridgehead atoms. The van der Waals surface area contributed by atoms with Gasteiger partial charge >= 0.3 is 6.18 Å². The number of hydrogen-bond acceptors (Lipinski definition) is 3. The number of nitrogens with one attached hydrogen (secondary N) is 1. The normalized spacial score (nSPS) is 22.2. The fourth-order valence-electron chi connectivity index (χ4n) is 4.10. The van der Waals surface area contributed by atoms with Gasteiger partial charge in [-0.05, 0) is 74.1 Å². The second kappa shape index (κ2) is 8.05. The predicted octanol–water partition coefficient (Wildman–Crippen LogP) is 6.05. The summed E-state index contributed by atoms with van der Waals surface area (Å²) in [5, 5.41) is 2.68. The van der Waals surface area contributed by atoms with Crippen LogP contribution in [0.15, 0.2) is 54.6 Å². The van der Waals surface area contributed by atoms with E-state index in [9.17, 15) is 18.0 Å². The molecule has 0 spiro atoms. The second-order valence-electron chi connectivity index (χ2n) is 7.59. The van der Waals surface area contributed by atoms with Crippen molar-refractivity contribution in [2.45, 2.75) is 25.9 Å². The molecule has 2 aromatic carbocycles. The highest BCUT2D eigenvalue weighted by atomic mass is 19.4. The maximum absolute atomic E-state index is 13.2. The number of amides is 1. The highest BCUT2D eigenvalue weighted by molar-refractivity contribution is 5.94. The molecule has 0 saturated heterocycles. The molecular formula is C23H22F3NO3. The number of carbonyl (C=O) groups excluding carboxylic acids is 1. The number of anilines is 1. The third-order valence-corrected chi connectivity index (χ3v) is 5.54. The number of fused-ring (bicyclic) bond motifs is 2. The van der Waals surface area contributed by atoms with Gasteiger partial charge < -0.3 is 14.8 Å². The van der Waals surface area contributed by atoms with Crippen molar-refractivity contribution in [1.82, 2.24) is 0 Å². The number of hydrogen-bond donors (Lipinski definition) is 1. The second-order valence-corrected chi connectivity index (χ2v) is 7.59. The maximum Gasteiger partial charge on any atom is 0.416 e. The molecule has 2 aromatic rings. The summed E-state index contributed by atoms with van der Waals surface area (Å²) in [6.45, 7) is 2.39. The molecule has 0 radical (unpaired) electrons. The average Bonchev–Trinajstić information content (AvgIpc) is 3.34. The quantitative estimate of drug-likeness (QED) is 0.583. The molecule has 1 fully saturated rings. The first-order chi connectivity index (χ1) is 14.3. The van der Waals surface area contributed by atoms with E-state index >= 15 is 0 Å². The number of halogens is 3. The molecule has 0 unspecified atom stereocenters. The molecule has 158 valence electrons. The Kier molecular flexibility index (Phi) is 5.45. The Balaban J connectivity index is 1.57. The Morgan fingerprint density at radius 1 is 1.07 bits per heavy atom. The lowest BCUT2D eigenvalue weighted by Crippen LogP contribution is -2.26. The standard InChI is InChI=1S/C23H22F3NO3/c1-2-29-17-6-8-18(9-7-17)30-21-10-5-16(23(24,25)26)13-20(21)27-22(28)19-12-14-3-4-15(19)11-14/h3-10,13-15,19H,2,11-12H2,1H3,(H,27,28)/t14-,15-,19+/m0/s1. The zero-order chi connectivity index (χ0) is 21.3. The van der Waals surface area contributed by atoms with Gasteiger partial charge in [0.1, 0.15) is 11.5 Å². The Morgan fingerprint density at radius 3 is 2.40 bits per heavy atom. The molecule has 3 atom stereocenters. The van der Waals surface area contributed by atoms with E-state index in [0.29, 0.717) is 24.0 Å². The minimum atomic E-state index is -4.52. The van der Waals surface area contributed by atoms with Gasteiger partial charge in [-0.3, -0.25) is 4.79 Å². The first-order valence-corrected chi connectivity index (χ1v) is 9.94. The number of allylic oxidation sites excluding steroid dienone is 2. The molecule has 2 aliphatic carbocycles. The van der Waals surface area contributed by atoms with Crippen LogP contribution in [0.5, 0.6) is 17.2 Å². The molecule has 30 heavy (non-hydrogen) atoms. The third kappa shape index (κ3) is 4.30. The van der Waals surface area contributed by atoms with E-state index in [1.807, 2.05) is 13.0 Å². The molecular weight excluding hydrogens is 395 g/mol. The van der Waals surface area contributed by atoms with Crippen LogP contribution in [0, 0.1) is 17.8 Å². The largest absolute Gasteiger partial charge is 0.494 e. The van der Waals surface area contributed by atoms with Crippen LogP contribution in [0.3, 0.4) is 0 Å². The van der Waals surface area contributed by atoms with Crippen molar-refractivity contribution in [3.8, 4) is 17.2 Å². The van der Waals surface area contributed by atoms with E-state index in [0.717, 1.165) is 25.0 Å². The first kappa shape index (κ1) is 20.3. The summed E-state index contributed by atoms with van der Waals surface area (Å²) in [6.07, 6.45) is 1.27. The summed E-state index contributed by atoms with van der Waals surface area (Å²) < 4.78 is 50.8. The fourth-order valence-corrected chi connectivity index (χ4v) is 4.10. The monoisotopic (exact) mass is 417 g/mol. The summed E-state index contributed by atoms with van der Waals surface area (Å²) in [4.78, 5) is 12.8. The molecule has 0 aromatic heterocycles. The van der Waals surface area contributed by atoms with Gasteiger partial charge in [0, 0.05) is 5.92 Å². The predicted molar refractivity (Wildman–Crippen MR) is 107 cm³/mol. The Bertz CT molecular complexity index is 953. The van der Waals surface area contributed by atoms with Gasteiger partial charge in [0.25, 0.3) is 0 Å². The van der Waals surface area contributed by atoms with E-state index in [2.05, 4.69) is 11.4 Å². The summed E-state index contributed by atoms with van der Waals surface area (Å²) >= 11 is 0. The van der Waals surface area contributed by atoms with Crippen LogP contribution >= 0.6 is 0 Å². The molecule has 1 amide bonds. The molecule has 1 saturated carbocycles. The third-order valence-electron chi connectivity index (χ3n) is 5.54. The van der Waals surface area contributed by atoms with Gasteiger partial charge in [0.2, 0.25) is 5.91 Å². The average molecular weight is 417 g/mol. The van der Waals surface area contributed by atoms with Crippen molar-refractivity contribution < 1.29 is 27.4 Å². The smallest absolute Gasteiger partial charge is 0.416 e. The molecule has 0 heterocycles. The Hall–Kier alpha value is -2.96. The lowest BCUT2D eigenvalue weighted by Gasteiger charge is -2.20. The molecule has 2 aliphatic rings. The number of alkyl halides is 3. The van der Waals surface area contributed by atoms with Crippen molar-refractivity contribution in [3.63, 3.8) is 0 Å². The highest BCUT2D eigenvalue weighted by Gasteiger charge is 2.40. The van der Waals surface area contributed by atoms with Crippen LogP contribution in [0.1, 0.15) is 25.3 Å². The SMILES string of the molecule is CCOc1ccc(Oc2ccc(C(F)(F)F)cc2NC(=O)[C@@H]2C[C@H]3C=C[C@H]2C3)cc1. The molecule has 4 nitrogen and oxygen atoms in total. The lowest BCUT2D eigenvalue weighted by molar-refractivity contribution is -0.137. The van der Waals surface area contributed by atoms with Gasteiger partial charge in [0.15, 0.2) is 5.75 Å². The van der Waals surface area contributed by atoms with E-state index in [1.165, 1.54) is 6.07 Å². The summed E-state index contributed by atoms with van der Waals surface area (Å²) in [5.74, 6) is 1.27. The van der Waals surface area contributed by atoms with Crippen LogP contribution in [-0.2, 0) is 11.0 Å². The summed E-state index contributed by atoms with van der Waals surface area (Å²) in [5.41, 5.74) is -0.833. The highest BCUT2D eigenvalue weighted by Crippen LogP contribution is 2.44. The lowest BCUT2D eigenvalue weighted by atomic mass is 9.92. The maximum atomic E-state index is 13.2. The van der Waals surface area contributed by atoms with Crippen molar-refractivity contribution in [2.75, 3.05) is 11.9 Å². The first-order valence-electron chi connectivity index (χ1n) is 9.94. The number of rotatable bonds is 6. The minimum Gasteiger partial charge on any atom is -0.494 e. The van der Waals surface area contributed by atoms with Crippen molar-refractivity contribution in [2.24, 2.45) is 17.8 Å². The number of carbonyl (C=O) groups is 1. The number of benzene rings is 2. The fraction of sp³-hybridized carbons (Fsp3) is 0.348. The van der Waals surface area contributed by atoms with Crippen molar-refractivity contribution >= 4 is 11.6 Å². The van der Waals surface area contributed by atoms with Crippen LogP contribution in [-0.4, -0.2) is 12.5 Å². The molecule has 7 heteroatoms. The molecule has 1 N–H and O–H groups in total. The van der Waals surface area contributed by atoms with Crippen molar-refractivity contribution in [3.05, 3.63) is 60.2 Å². The summed E-state index contributed by atoms with van der Waals surface area (Å²) in [6, 6.07) is 9.84. The van der Waals surface area contributed by atoms with Crippen LogP contribution in [0.25, 0.3) is 0 Å². The Labute approximate surface area is 172 Å². The van der Waals surface area contributed by atoms with Gasteiger partial charge in [-0.2, -0.15) is 13.2 Å². The Morgan fingerprint density at radius 2 is 1.80 bits per heavy atom. The van der Waals surface area contributed by atoms with Gasteiger partial charge in [-0.1, -0.05) is 12.2 Å². The topological polar surface area (TPSA) is 47.6 Å². The number of ether oxygens (including phenoxy) is 2. The van der Waals surface area contributed by atoms with E-state index < -0.39 is 11.7 Å².